The Bertz CT molecular complexity index is 114. The maximum Gasteiger partial charge on any atom is 0.401 e. The quantitative estimate of drug-likeness (QED) is 0.645. The molecule has 0 aliphatic rings. The molecule has 0 aromatic rings. The second-order valence-corrected chi connectivity index (χ2v) is 2.79. The van der Waals surface area contributed by atoms with Gasteiger partial charge in [0.25, 0.3) is 0 Å². The first kappa shape index (κ1) is 12.1. The number of aliphatic hydroxyl groups excluding tert-OH is 1. The highest BCUT2D eigenvalue weighted by molar-refractivity contribution is 7.80. The Morgan fingerprint density at radius 2 is 1.83 bits per heavy atom. The molecule has 0 amide bonds. The monoisotopic (exact) mass is 203 g/mol. The maximum absolute atomic E-state index is 11.8. The summed E-state index contributed by atoms with van der Waals surface area (Å²) in [6.45, 7) is -0.957. The van der Waals surface area contributed by atoms with Crippen molar-refractivity contribution in [3.05, 3.63) is 0 Å². The van der Waals surface area contributed by atoms with Gasteiger partial charge >= 0.3 is 6.18 Å². The van der Waals surface area contributed by atoms with E-state index in [2.05, 4.69) is 12.6 Å². The second kappa shape index (κ2) is 5.66. The minimum Gasteiger partial charge on any atom is -0.395 e. The molecule has 0 fully saturated rings. The Morgan fingerprint density at radius 3 is 2.17 bits per heavy atom. The predicted octanol–water partition coefficient (Wildman–Crippen LogP) is 0.773. The summed E-state index contributed by atoms with van der Waals surface area (Å²) >= 11 is 3.81. The molecule has 12 heavy (non-hydrogen) atoms. The first-order chi connectivity index (χ1) is 5.49. The summed E-state index contributed by atoms with van der Waals surface area (Å²) in [5.74, 6) is 0.357. The van der Waals surface area contributed by atoms with Gasteiger partial charge in [0.1, 0.15) is 0 Å². The van der Waals surface area contributed by atoms with Gasteiger partial charge in [-0.2, -0.15) is 25.8 Å². The Balaban J connectivity index is 3.77. The van der Waals surface area contributed by atoms with E-state index in [-0.39, 0.29) is 19.7 Å². The Kier molecular flexibility index (Phi) is 5.69. The molecular weight excluding hydrogens is 191 g/mol. The largest absolute Gasteiger partial charge is 0.401 e. The highest BCUT2D eigenvalue weighted by atomic mass is 32.1. The molecule has 0 saturated heterocycles. The molecular formula is C6H12F3NOS. The standard InChI is InChI=1S/C6H12F3NOS/c7-6(8,9)5-10(1-3-11)2-4-12/h11-12H,1-5H2. The Labute approximate surface area is 74.8 Å². The number of hydrogen-bond acceptors (Lipinski definition) is 3. The third-order valence-corrected chi connectivity index (χ3v) is 1.44. The van der Waals surface area contributed by atoms with E-state index in [4.69, 9.17) is 5.11 Å². The third-order valence-electron chi connectivity index (χ3n) is 1.24. The average molecular weight is 203 g/mol. The normalized spacial score (nSPS) is 12.5. The fourth-order valence-electron chi connectivity index (χ4n) is 0.806. The summed E-state index contributed by atoms with van der Waals surface area (Å²) in [4.78, 5) is 1.12. The van der Waals surface area contributed by atoms with Crippen molar-refractivity contribution >= 4 is 12.6 Å². The summed E-state index contributed by atoms with van der Waals surface area (Å²) in [6, 6.07) is 0. The molecule has 2 nitrogen and oxygen atoms in total. The Morgan fingerprint density at radius 1 is 1.25 bits per heavy atom. The number of thiol groups is 1. The van der Waals surface area contributed by atoms with E-state index in [0.29, 0.717) is 5.75 Å². The van der Waals surface area contributed by atoms with Crippen LogP contribution in [0.4, 0.5) is 13.2 Å². The molecule has 0 saturated carbocycles. The van der Waals surface area contributed by atoms with Crippen LogP contribution >= 0.6 is 12.6 Å². The van der Waals surface area contributed by atoms with E-state index in [9.17, 15) is 13.2 Å². The van der Waals surface area contributed by atoms with E-state index in [0.717, 1.165) is 4.90 Å². The lowest BCUT2D eigenvalue weighted by Gasteiger charge is -2.21. The minimum atomic E-state index is -4.20. The van der Waals surface area contributed by atoms with Gasteiger partial charge in [0.15, 0.2) is 0 Å². The van der Waals surface area contributed by atoms with Gasteiger partial charge < -0.3 is 5.11 Å². The van der Waals surface area contributed by atoms with Crippen LogP contribution in [0.2, 0.25) is 0 Å². The van der Waals surface area contributed by atoms with Crippen molar-refractivity contribution in [1.29, 1.82) is 0 Å². The number of halogens is 3. The lowest BCUT2D eigenvalue weighted by molar-refractivity contribution is -0.146. The minimum absolute atomic E-state index is 0.0417. The van der Waals surface area contributed by atoms with Crippen LogP contribution < -0.4 is 0 Å². The highest BCUT2D eigenvalue weighted by Gasteiger charge is 2.29. The van der Waals surface area contributed by atoms with Gasteiger partial charge in [0, 0.05) is 18.8 Å². The zero-order valence-corrected chi connectivity index (χ0v) is 7.41. The molecule has 0 atom stereocenters. The fraction of sp³-hybridized carbons (Fsp3) is 1.00. The summed E-state index contributed by atoms with van der Waals surface area (Å²) in [5.41, 5.74) is 0. The molecule has 0 aromatic heterocycles. The van der Waals surface area contributed by atoms with E-state index in [1.807, 2.05) is 0 Å². The van der Waals surface area contributed by atoms with Crippen LogP contribution in [0.3, 0.4) is 0 Å². The first-order valence-corrected chi connectivity index (χ1v) is 4.13. The summed E-state index contributed by atoms with van der Waals surface area (Å²) in [6.07, 6.45) is -4.20. The lowest BCUT2D eigenvalue weighted by Crippen LogP contribution is -2.37. The molecule has 0 rings (SSSR count). The van der Waals surface area contributed by atoms with Crippen LogP contribution in [0.15, 0.2) is 0 Å². The van der Waals surface area contributed by atoms with Crippen molar-refractivity contribution in [2.24, 2.45) is 0 Å². The zero-order valence-electron chi connectivity index (χ0n) is 6.51. The van der Waals surface area contributed by atoms with Gasteiger partial charge in [0.05, 0.1) is 13.2 Å². The van der Waals surface area contributed by atoms with Crippen molar-refractivity contribution in [3.63, 3.8) is 0 Å². The lowest BCUT2D eigenvalue weighted by atomic mass is 10.4. The van der Waals surface area contributed by atoms with Crippen molar-refractivity contribution in [3.8, 4) is 0 Å². The summed E-state index contributed by atoms with van der Waals surface area (Å²) < 4.78 is 35.4. The van der Waals surface area contributed by atoms with Gasteiger partial charge in [0.2, 0.25) is 0 Å². The molecule has 0 aromatic carbocycles. The molecule has 0 unspecified atom stereocenters. The molecule has 0 heterocycles. The Hall–Kier alpha value is 0.0600. The van der Waals surface area contributed by atoms with E-state index < -0.39 is 12.7 Å². The van der Waals surface area contributed by atoms with Gasteiger partial charge in [-0.15, -0.1) is 0 Å². The van der Waals surface area contributed by atoms with Gasteiger partial charge in [-0.1, -0.05) is 0 Å². The molecule has 0 aliphatic carbocycles. The number of hydrogen-bond donors (Lipinski definition) is 2. The van der Waals surface area contributed by atoms with Crippen molar-refractivity contribution in [2.45, 2.75) is 6.18 Å². The van der Waals surface area contributed by atoms with Crippen molar-refractivity contribution < 1.29 is 18.3 Å². The van der Waals surface area contributed by atoms with Crippen molar-refractivity contribution in [1.82, 2.24) is 4.90 Å². The SMILES string of the molecule is OCCN(CCS)CC(F)(F)F. The topological polar surface area (TPSA) is 23.5 Å². The number of alkyl halides is 3. The number of aliphatic hydroxyl groups is 1. The fourth-order valence-corrected chi connectivity index (χ4v) is 1.09. The van der Waals surface area contributed by atoms with Crippen LogP contribution in [0.5, 0.6) is 0 Å². The van der Waals surface area contributed by atoms with Crippen molar-refractivity contribution in [2.75, 3.05) is 32.0 Å². The molecule has 0 radical (unpaired) electrons. The van der Waals surface area contributed by atoms with Crippen LogP contribution in [0.1, 0.15) is 0 Å². The molecule has 1 N–H and O–H groups in total. The van der Waals surface area contributed by atoms with E-state index in [1.165, 1.54) is 0 Å². The molecule has 0 aliphatic heterocycles. The molecule has 0 bridgehead atoms. The zero-order chi connectivity index (χ0) is 9.61. The smallest absolute Gasteiger partial charge is 0.395 e. The van der Waals surface area contributed by atoms with Crippen LogP contribution in [-0.4, -0.2) is 48.2 Å². The van der Waals surface area contributed by atoms with Gasteiger partial charge in [-0.3, -0.25) is 4.90 Å². The van der Waals surface area contributed by atoms with E-state index in [1.54, 1.807) is 0 Å². The number of rotatable bonds is 5. The van der Waals surface area contributed by atoms with Crippen LogP contribution in [-0.2, 0) is 0 Å². The predicted molar refractivity (Wildman–Crippen MR) is 43.4 cm³/mol. The van der Waals surface area contributed by atoms with E-state index >= 15 is 0 Å². The first-order valence-electron chi connectivity index (χ1n) is 3.50. The summed E-state index contributed by atoms with van der Waals surface area (Å²) in [7, 11) is 0. The molecule has 6 heteroatoms. The van der Waals surface area contributed by atoms with Gasteiger partial charge in [-0.25, -0.2) is 0 Å². The second-order valence-electron chi connectivity index (χ2n) is 2.34. The average Bonchev–Trinajstić information content (AvgIpc) is 1.84. The van der Waals surface area contributed by atoms with Gasteiger partial charge in [-0.05, 0) is 0 Å². The highest BCUT2D eigenvalue weighted by Crippen LogP contribution is 2.15. The maximum atomic E-state index is 11.8. The van der Waals surface area contributed by atoms with Crippen LogP contribution in [0.25, 0.3) is 0 Å². The molecule has 74 valence electrons. The third kappa shape index (κ3) is 6.75. The van der Waals surface area contributed by atoms with Crippen LogP contribution in [0, 0.1) is 0 Å². The number of nitrogens with zero attached hydrogens (tertiary/aromatic N) is 1. The summed E-state index contributed by atoms with van der Waals surface area (Å²) in [5, 5.41) is 8.43. The molecule has 0 spiro atoms.